The summed E-state index contributed by atoms with van der Waals surface area (Å²) in [4.78, 5) is 41.9. The summed E-state index contributed by atoms with van der Waals surface area (Å²) in [6.45, 7) is 0.677. The van der Waals surface area contributed by atoms with Crippen LogP contribution in [0.3, 0.4) is 0 Å². The lowest BCUT2D eigenvalue weighted by Gasteiger charge is -2.12. The molecule has 1 unspecified atom stereocenters. The Bertz CT molecular complexity index is 662. The molecule has 1 fully saturated rings. The molecule has 1 atom stereocenters. The molecule has 0 spiro atoms. The smallest absolute Gasteiger partial charge is 0.327 e. The topological polar surface area (TPSA) is 108 Å². The van der Waals surface area contributed by atoms with Crippen LogP contribution in [0.15, 0.2) is 9.79 Å². The summed E-state index contributed by atoms with van der Waals surface area (Å²) in [5, 5.41) is 5.63. The van der Waals surface area contributed by atoms with E-state index in [-0.39, 0.29) is 35.7 Å². The van der Waals surface area contributed by atoms with E-state index in [9.17, 15) is 14.4 Å². The molecule has 3 N–H and O–H groups in total. The molecule has 0 aromatic carbocycles. The fourth-order valence-corrected chi connectivity index (χ4v) is 3.30. The SMILES string of the molecule is O=C(CCn1c2c([nH]c1=O)CN=CN2)NC1CCSC1=O. The van der Waals surface area contributed by atoms with Crippen molar-refractivity contribution in [2.24, 2.45) is 4.99 Å². The monoisotopic (exact) mass is 309 g/mol. The van der Waals surface area contributed by atoms with Gasteiger partial charge in [-0.2, -0.15) is 0 Å². The van der Waals surface area contributed by atoms with Crippen LogP contribution in [0.5, 0.6) is 0 Å². The van der Waals surface area contributed by atoms with Crippen LogP contribution in [0, 0.1) is 0 Å². The van der Waals surface area contributed by atoms with Crippen LogP contribution in [0.1, 0.15) is 18.5 Å². The van der Waals surface area contributed by atoms with Crippen LogP contribution in [0.4, 0.5) is 5.82 Å². The summed E-state index contributed by atoms with van der Waals surface area (Å²) in [7, 11) is 0. The summed E-state index contributed by atoms with van der Waals surface area (Å²) in [6, 6.07) is -0.385. The van der Waals surface area contributed by atoms with Crippen molar-refractivity contribution in [1.29, 1.82) is 0 Å². The number of fused-ring (bicyclic) bond motifs is 1. The minimum Gasteiger partial charge on any atom is -0.345 e. The zero-order chi connectivity index (χ0) is 14.8. The quantitative estimate of drug-likeness (QED) is 0.705. The standard InChI is InChI=1S/C12H15N5O3S/c18-9(15-7-2-4-21-11(7)19)1-3-17-10-8(16-12(17)20)5-13-6-14-10/h6-7H,1-5H2,(H,13,14)(H,15,18)(H,16,20). The number of hydrogen-bond donors (Lipinski definition) is 3. The van der Waals surface area contributed by atoms with Gasteiger partial charge in [-0.25, -0.2) is 4.79 Å². The number of carbonyl (C=O) groups is 2. The fraction of sp³-hybridized carbons (Fsp3) is 0.500. The van der Waals surface area contributed by atoms with Crippen molar-refractivity contribution < 1.29 is 9.59 Å². The molecule has 3 heterocycles. The normalized spacial score (nSPS) is 20.2. The Labute approximate surface area is 124 Å². The molecule has 0 bridgehead atoms. The highest BCUT2D eigenvalue weighted by Crippen LogP contribution is 2.19. The predicted molar refractivity (Wildman–Crippen MR) is 79.5 cm³/mol. The van der Waals surface area contributed by atoms with Crippen LogP contribution in [-0.4, -0.2) is 38.7 Å². The molecule has 112 valence electrons. The largest absolute Gasteiger partial charge is 0.345 e. The molecule has 2 aliphatic heterocycles. The number of anilines is 1. The number of nitrogens with zero attached hydrogens (tertiary/aromatic N) is 2. The lowest BCUT2D eigenvalue weighted by atomic mass is 10.2. The number of hydrogen-bond acceptors (Lipinski definition) is 6. The van der Waals surface area contributed by atoms with Gasteiger partial charge in [0, 0.05) is 18.7 Å². The van der Waals surface area contributed by atoms with Gasteiger partial charge in [0.25, 0.3) is 0 Å². The zero-order valence-electron chi connectivity index (χ0n) is 11.2. The van der Waals surface area contributed by atoms with Gasteiger partial charge < -0.3 is 15.6 Å². The second kappa shape index (κ2) is 5.76. The van der Waals surface area contributed by atoms with E-state index in [1.54, 1.807) is 0 Å². The van der Waals surface area contributed by atoms with E-state index in [0.29, 0.717) is 24.5 Å². The molecule has 8 nitrogen and oxygen atoms in total. The average molecular weight is 309 g/mol. The Morgan fingerprint density at radius 2 is 2.38 bits per heavy atom. The lowest BCUT2D eigenvalue weighted by molar-refractivity contribution is -0.124. The Kier molecular flexibility index (Phi) is 3.82. The number of rotatable bonds is 4. The number of nitrogens with one attached hydrogen (secondary N) is 3. The van der Waals surface area contributed by atoms with Crippen molar-refractivity contribution in [2.45, 2.75) is 32.0 Å². The van der Waals surface area contributed by atoms with Gasteiger partial charge >= 0.3 is 5.69 Å². The van der Waals surface area contributed by atoms with Crippen molar-refractivity contribution in [3.8, 4) is 0 Å². The molecule has 1 aromatic heterocycles. The van der Waals surface area contributed by atoms with Gasteiger partial charge in [-0.05, 0) is 6.42 Å². The summed E-state index contributed by atoms with van der Waals surface area (Å²) in [5.74, 6) is 1.18. The second-order valence-corrected chi connectivity index (χ2v) is 5.95. The average Bonchev–Trinajstić information content (AvgIpc) is 3.00. The highest BCUT2D eigenvalue weighted by atomic mass is 32.2. The van der Waals surface area contributed by atoms with E-state index >= 15 is 0 Å². The van der Waals surface area contributed by atoms with Crippen molar-refractivity contribution >= 4 is 34.9 Å². The number of imidazole rings is 1. The summed E-state index contributed by atoms with van der Waals surface area (Å²) in [6.07, 6.45) is 2.35. The number of thioether (sulfide) groups is 1. The van der Waals surface area contributed by atoms with Gasteiger partial charge in [-0.1, -0.05) is 11.8 Å². The minimum atomic E-state index is -0.385. The number of H-pyrrole nitrogens is 1. The summed E-state index contributed by atoms with van der Waals surface area (Å²) in [5.41, 5.74) is 0.448. The minimum absolute atomic E-state index is 0.0115. The van der Waals surface area contributed by atoms with Crippen LogP contribution < -0.4 is 16.3 Å². The van der Waals surface area contributed by atoms with Gasteiger partial charge in [-0.3, -0.25) is 19.1 Å². The Morgan fingerprint density at radius 1 is 1.52 bits per heavy atom. The predicted octanol–water partition coefficient (Wildman–Crippen LogP) is -0.331. The zero-order valence-corrected chi connectivity index (χ0v) is 12.0. The van der Waals surface area contributed by atoms with Gasteiger partial charge in [0.05, 0.1) is 24.6 Å². The maximum atomic E-state index is 11.9. The molecule has 0 radical (unpaired) electrons. The molecule has 3 rings (SSSR count). The first-order valence-corrected chi connectivity index (χ1v) is 7.66. The molecule has 1 saturated heterocycles. The van der Waals surface area contributed by atoms with Crippen LogP contribution in [0.2, 0.25) is 0 Å². The summed E-state index contributed by atoms with van der Waals surface area (Å²) < 4.78 is 1.48. The molecule has 9 heteroatoms. The highest BCUT2D eigenvalue weighted by Gasteiger charge is 2.26. The molecule has 1 aromatic rings. The number of aromatic nitrogens is 2. The fourth-order valence-electron chi connectivity index (χ4n) is 2.36. The molecular formula is C12H15N5O3S. The molecule has 21 heavy (non-hydrogen) atoms. The Balaban J connectivity index is 1.60. The molecular weight excluding hydrogens is 294 g/mol. The van der Waals surface area contributed by atoms with Crippen LogP contribution >= 0.6 is 11.8 Å². The van der Waals surface area contributed by atoms with E-state index in [1.165, 1.54) is 22.7 Å². The lowest BCUT2D eigenvalue weighted by Crippen LogP contribution is -2.37. The Hall–Kier alpha value is -2.03. The number of aromatic amines is 1. The second-order valence-electron chi connectivity index (χ2n) is 4.85. The van der Waals surface area contributed by atoms with Crippen molar-refractivity contribution in [3.05, 3.63) is 16.2 Å². The van der Waals surface area contributed by atoms with Gasteiger partial charge in [-0.15, -0.1) is 0 Å². The van der Waals surface area contributed by atoms with Gasteiger partial charge in [0.15, 0.2) is 0 Å². The third kappa shape index (κ3) is 2.87. The Morgan fingerprint density at radius 3 is 3.14 bits per heavy atom. The number of aliphatic imine (C=N–C) groups is 1. The van der Waals surface area contributed by atoms with Crippen LogP contribution in [0.25, 0.3) is 0 Å². The highest BCUT2D eigenvalue weighted by molar-refractivity contribution is 8.14. The van der Waals surface area contributed by atoms with E-state index in [0.717, 1.165) is 5.75 Å². The third-order valence-electron chi connectivity index (χ3n) is 3.43. The van der Waals surface area contributed by atoms with Crippen molar-refractivity contribution in [2.75, 3.05) is 11.1 Å². The molecule has 0 aliphatic carbocycles. The van der Waals surface area contributed by atoms with Crippen LogP contribution in [-0.2, 0) is 22.7 Å². The summed E-state index contributed by atoms with van der Waals surface area (Å²) >= 11 is 1.25. The first kappa shape index (κ1) is 13.9. The first-order valence-electron chi connectivity index (χ1n) is 6.67. The maximum Gasteiger partial charge on any atom is 0.327 e. The molecule has 0 saturated carbocycles. The number of amides is 1. The molecule has 2 aliphatic rings. The van der Waals surface area contributed by atoms with E-state index in [4.69, 9.17) is 0 Å². The van der Waals surface area contributed by atoms with E-state index in [2.05, 4.69) is 20.6 Å². The van der Waals surface area contributed by atoms with Crippen molar-refractivity contribution in [1.82, 2.24) is 14.9 Å². The van der Waals surface area contributed by atoms with Gasteiger partial charge in [0.2, 0.25) is 11.0 Å². The van der Waals surface area contributed by atoms with E-state index in [1.807, 2.05) is 0 Å². The number of carbonyl (C=O) groups excluding carboxylic acids is 2. The first-order chi connectivity index (χ1) is 10.1. The third-order valence-corrected chi connectivity index (χ3v) is 4.44. The van der Waals surface area contributed by atoms with Gasteiger partial charge in [0.1, 0.15) is 5.82 Å². The van der Waals surface area contributed by atoms with E-state index < -0.39 is 0 Å². The maximum absolute atomic E-state index is 11.9. The van der Waals surface area contributed by atoms with Crippen molar-refractivity contribution in [3.63, 3.8) is 0 Å². The molecule has 1 amide bonds.